The number of benzene rings is 2. The molecule has 0 radical (unpaired) electrons. The maximum Gasteiger partial charge on any atom is 0.254 e. The van der Waals surface area contributed by atoms with Crippen molar-refractivity contribution in [2.75, 3.05) is 31.6 Å². The van der Waals surface area contributed by atoms with Gasteiger partial charge < -0.3 is 15.0 Å². The van der Waals surface area contributed by atoms with E-state index in [9.17, 15) is 13.6 Å². The van der Waals surface area contributed by atoms with E-state index in [2.05, 4.69) is 15.4 Å². The van der Waals surface area contributed by atoms with E-state index in [-0.39, 0.29) is 18.0 Å². The highest BCUT2D eigenvalue weighted by molar-refractivity contribution is 5.94. The highest BCUT2D eigenvalue weighted by Crippen LogP contribution is 2.22. The van der Waals surface area contributed by atoms with Gasteiger partial charge in [-0.15, -0.1) is 5.10 Å². The van der Waals surface area contributed by atoms with Crippen LogP contribution in [0, 0.1) is 11.6 Å². The highest BCUT2D eigenvalue weighted by Gasteiger charge is 2.18. The predicted molar refractivity (Wildman–Crippen MR) is 119 cm³/mol. The maximum absolute atomic E-state index is 13.9. The van der Waals surface area contributed by atoms with Crippen LogP contribution in [0.5, 0.6) is 0 Å². The molecule has 1 saturated heterocycles. The fourth-order valence-electron chi connectivity index (χ4n) is 3.76. The van der Waals surface area contributed by atoms with Gasteiger partial charge in [-0.05, 0) is 42.5 Å². The topological polar surface area (TPSA) is 71.8 Å². The molecule has 33 heavy (non-hydrogen) atoms. The highest BCUT2D eigenvalue weighted by atomic mass is 19.1. The van der Waals surface area contributed by atoms with E-state index in [1.807, 2.05) is 12.1 Å². The van der Waals surface area contributed by atoms with Crippen LogP contribution < -0.4 is 5.32 Å². The molecule has 1 amide bonds. The number of morpholine rings is 1. The van der Waals surface area contributed by atoms with E-state index in [0.29, 0.717) is 43.3 Å². The third kappa shape index (κ3) is 4.40. The van der Waals surface area contributed by atoms with Gasteiger partial charge in [0.25, 0.3) is 5.91 Å². The van der Waals surface area contributed by atoms with Crippen LogP contribution in [0.4, 0.5) is 14.6 Å². The van der Waals surface area contributed by atoms with Gasteiger partial charge in [0, 0.05) is 36.3 Å². The molecule has 0 aliphatic carbocycles. The standard InChI is InChI=1S/C24H21F2N5O2/c25-19-5-6-20(26)18(13-19)14-27-22-7-8-23-28-15-21(31(23)29-22)16-1-3-17(4-2-16)24(32)30-9-11-33-12-10-30/h1-8,13,15H,9-12,14H2,(H,27,29). The molecule has 0 atom stereocenters. The lowest BCUT2D eigenvalue weighted by atomic mass is 10.1. The summed E-state index contributed by atoms with van der Waals surface area (Å²) in [6, 6.07) is 14.2. The Labute approximate surface area is 188 Å². The number of carbonyl (C=O) groups excluding carboxylic acids is 1. The molecule has 1 fully saturated rings. The summed E-state index contributed by atoms with van der Waals surface area (Å²) in [4.78, 5) is 18.8. The summed E-state index contributed by atoms with van der Waals surface area (Å²) in [6.45, 7) is 2.38. The maximum atomic E-state index is 13.9. The first kappa shape index (κ1) is 21.0. The smallest absolute Gasteiger partial charge is 0.254 e. The molecule has 7 nitrogen and oxygen atoms in total. The Morgan fingerprint density at radius 2 is 1.82 bits per heavy atom. The van der Waals surface area contributed by atoms with Gasteiger partial charge in [0.2, 0.25) is 0 Å². The van der Waals surface area contributed by atoms with Crippen molar-refractivity contribution >= 4 is 17.4 Å². The number of aromatic nitrogens is 3. The van der Waals surface area contributed by atoms with Crippen molar-refractivity contribution in [3.05, 3.63) is 83.6 Å². The van der Waals surface area contributed by atoms with Gasteiger partial charge in [0.05, 0.1) is 25.1 Å². The van der Waals surface area contributed by atoms with Crippen LogP contribution in [0.3, 0.4) is 0 Å². The Balaban J connectivity index is 1.36. The number of nitrogens with zero attached hydrogens (tertiary/aromatic N) is 4. The van der Waals surface area contributed by atoms with E-state index in [1.54, 1.807) is 39.9 Å². The lowest BCUT2D eigenvalue weighted by Crippen LogP contribution is -2.40. The second-order valence-electron chi connectivity index (χ2n) is 7.70. The molecule has 5 rings (SSSR count). The third-order valence-corrected chi connectivity index (χ3v) is 5.56. The molecule has 0 saturated carbocycles. The molecule has 1 N–H and O–H groups in total. The fourth-order valence-corrected chi connectivity index (χ4v) is 3.76. The van der Waals surface area contributed by atoms with Crippen LogP contribution in [-0.2, 0) is 11.3 Å². The average molecular weight is 449 g/mol. The first-order valence-electron chi connectivity index (χ1n) is 10.6. The van der Waals surface area contributed by atoms with Gasteiger partial charge in [0.15, 0.2) is 5.65 Å². The van der Waals surface area contributed by atoms with E-state index in [0.717, 1.165) is 29.5 Å². The van der Waals surface area contributed by atoms with Gasteiger partial charge >= 0.3 is 0 Å². The number of carbonyl (C=O) groups is 1. The summed E-state index contributed by atoms with van der Waals surface area (Å²) in [6.07, 6.45) is 1.71. The molecule has 0 bridgehead atoms. The summed E-state index contributed by atoms with van der Waals surface area (Å²) in [5.74, 6) is -0.509. The molecule has 0 spiro atoms. The zero-order valence-corrected chi connectivity index (χ0v) is 17.7. The minimum absolute atomic E-state index is 0.0165. The second-order valence-corrected chi connectivity index (χ2v) is 7.70. The molecule has 1 aliphatic rings. The monoisotopic (exact) mass is 449 g/mol. The number of fused-ring (bicyclic) bond motifs is 1. The summed E-state index contributed by atoms with van der Waals surface area (Å²) >= 11 is 0. The fraction of sp³-hybridized carbons (Fsp3) is 0.208. The lowest BCUT2D eigenvalue weighted by molar-refractivity contribution is 0.0303. The molecule has 2 aromatic carbocycles. The second kappa shape index (κ2) is 8.95. The third-order valence-electron chi connectivity index (χ3n) is 5.56. The number of amides is 1. The van der Waals surface area contributed by atoms with Crippen molar-refractivity contribution in [1.29, 1.82) is 0 Å². The Kier molecular flexibility index (Phi) is 5.70. The van der Waals surface area contributed by atoms with Crippen LogP contribution in [0.25, 0.3) is 16.9 Å². The van der Waals surface area contributed by atoms with Gasteiger partial charge in [-0.2, -0.15) is 0 Å². The van der Waals surface area contributed by atoms with Crippen molar-refractivity contribution in [2.45, 2.75) is 6.54 Å². The summed E-state index contributed by atoms with van der Waals surface area (Å²) < 4.78 is 34.3. The number of imidazole rings is 1. The lowest BCUT2D eigenvalue weighted by Gasteiger charge is -2.26. The van der Waals surface area contributed by atoms with Crippen molar-refractivity contribution in [3.63, 3.8) is 0 Å². The van der Waals surface area contributed by atoms with Crippen LogP contribution in [0.2, 0.25) is 0 Å². The first-order valence-corrected chi connectivity index (χ1v) is 10.6. The summed E-state index contributed by atoms with van der Waals surface area (Å²) in [5, 5.41) is 7.57. The number of ether oxygens (including phenoxy) is 1. The molecule has 4 aromatic rings. The molecule has 2 aromatic heterocycles. The largest absolute Gasteiger partial charge is 0.378 e. The molecule has 9 heteroatoms. The predicted octanol–water partition coefficient (Wildman–Crippen LogP) is 3.76. The quantitative estimate of drug-likeness (QED) is 0.502. The van der Waals surface area contributed by atoms with Gasteiger partial charge in [-0.25, -0.2) is 18.3 Å². The van der Waals surface area contributed by atoms with E-state index in [1.165, 1.54) is 0 Å². The normalized spacial score (nSPS) is 13.9. The minimum atomic E-state index is -0.496. The van der Waals surface area contributed by atoms with Crippen LogP contribution in [0.1, 0.15) is 15.9 Å². The Bertz CT molecular complexity index is 1300. The minimum Gasteiger partial charge on any atom is -0.378 e. The summed E-state index contributed by atoms with van der Waals surface area (Å²) in [7, 11) is 0. The number of rotatable bonds is 5. The van der Waals surface area contributed by atoms with Crippen LogP contribution >= 0.6 is 0 Å². The van der Waals surface area contributed by atoms with Gasteiger partial charge in [-0.1, -0.05) is 12.1 Å². The zero-order chi connectivity index (χ0) is 22.8. The van der Waals surface area contributed by atoms with E-state index < -0.39 is 11.6 Å². The first-order chi connectivity index (χ1) is 16.1. The van der Waals surface area contributed by atoms with E-state index in [4.69, 9.17) is 4.74 Å². The number of halogens is 2. The Morgan fingerprint density at radius 3 is 2.61 bits per heavy atom. The van der Waals surface area contributed by atoms with Gasteiger partial charge in [-0.3, -0.25) is 4.79 Å². The molecule has 0 unspecified atom stereocenters. The molecule has 1 aliphatic heterocycles. The number of hydrogen-bond donors (Lipinski definition) is 1. The number of anilines is 1. The number of nitrogens with one attached hydrogen (secondary N) is 1. The molecule has 3 heterocycles. The Morgan fingerprint density at radius 1 is 1.03 bits per heavy atom. The summed E-state index contributed by atoms with van der Waals surface area (Å²) in [5.41, 5.74) is 3.06. The van der Waals surface area contributed by atoms with Crippen LogP contribution in [-0.4, -0.2) is 51.7 Å². The van der Waals surface area contributed by atoms with Crippen LogP contribution in [0.15, 0.2) is 60.8 Å². The van der Waals surface area contributed by atoms with Crippen molar-refractivity contribution < 1.29 is 18.3 Å². The van der Waals surface area contributed by atoms with E-state index >= 15 is 0 Å². The Hall–Kier alpha value is -3.85. The average Bonchev–Trinajstić information content (AvgIpc) is 3.28. The molecular formula is C24H21F2N5O2. The zero-order valence-electron chi connectivity index (χ0n) is 17.7. The SMILES string of the molecule is O=C(c1ccc(-c2cnc3ccc(NCc4cc(F)ccc4F)nn23)cc1)N1CCOCC1. The van der Waals surface area contributed by atoms with Crippen molar-refractivity contribution in [3.8, 4) is 11.3 Å². The molecular weight excluding hydrogens is 428 g/mol. The van der Waals surface area contributed by atoms with Gasteiger partial charge in [0.1, 0.15) is 17.5 Å². The number of hydrogen-bond acceptors (Lipinski definition) is 5. The molecule has 168 valence electrons. The van der Waals surface area contributed by atoms with Crippen molar-refractivity contribution in [2.24, 2.45) is 0 Å². The van der Waals surface area contributed by atoms with Crippen molar-refractivity contribution in [1.82, 2.24) is 19.5 Å².